The van der Waals surface area contributed by atoms with Crippen molar-refractivity contribution in [1.82, 2.24) is 9.55 Å². The number of nitriles is 1. The van der Waals surface area contributed by atoms with Crippen molar-refractivity contribution in [2.75, 3.05) is 5.32 Å². The van der Waals surface area contributed by atoms with Gasteiger partial charge in [-0.15, -0.1) is 0 Å². The molecular weight excluding hydrogens is 376 g/mol. The molecule has 0 unspecified atom stereocenters. The average Bonchev–Trinajstić information content (AvgIpc) is 3.26. The number of hydrogen-bond acceptors (Lipinski definition) is 4. The van der Waals surface area contributed by atoms with Crippen LogP contribution < -0.4 is 5.32 Å². The van der Waals surface area contributed by atoms with Gasteiger partial charge in [0.25, 0.3) is 5.91 Å². The summed E-state index contributed by atoms with van der Waals surface area (Å²) in [5.74, 6) is -0.216. The van der Waals surface area contributed by atoms with Gasteiger partial charge in [-0.2, -0.15) is 5.26 Å². The van der Waals surface area contributed by atoms with E-state index in [4.69, 9.17) is 0 Å². The van der Waals surface area contributed by atoms with E-state index >= 15 is 0 Å². The number of benzene rings is 1. The van der Waals surface area contributed by atoms with Gasteiger partial charge in [0.2, 0.25) is 0 Å². The fourth-order valence-electron chi connectivity index (χ4n) is 3.95. The summed E-state index contributed by atoms with van der Waals surface area (Å²) in [7, 11) is 0. The molecule has 1 fully saturated rings. The lowest BCUT2D eigenvalue weighted by Gasteiger charge is -2.32. The van der Waals surface area contributed by atoms with Gasteiger partial charge in [-0.25, -0.2) is 0 Å². The van der Waals surface area contributed by atoms with Gasteiger partial charge in [-0.1, -0.05) is 12.1 Å². The third-order valence-corrected chi connectivity index (χ3v) is 5.79. The number of carbonyl (C=O) groups is 1. The minimum absolute atomic E-state index is 0.216. The Hall–Kier alpha value is -3.43. The lowest BCUT2D eigenvalue weighted by Crippen LogP contribution is -2.33. The number of carbonyl (C=O) groups excluding carboxylic acids is 1. The van der Waals surface area contributed by atoms with Crippen LogP contribution in [0.3, 0.4) is 0 Å². The van der Waals surface area contributed by atoms with Crippen LogP contribution in [0.15, 0.2) is 61.1 Å². The molecule has 152 valence electrons. The summed E-state index contributed by atoms with van der Waals surface area (Å²) in [5.41, 5.74) is 3.32. The van der Waals surface area contributed by atoms with Crippen LogP contribution in [-0.4, -0.2) is 26.7 Å². The first-order valence-corrected chi connectivity index (χ1v) is 10.1. The Morgan fingerprint density at radius 2 is 2.07 bits per heavy atom. The van der Waals surface area contributed by atoms with Crippen LogP contribution in [0.5, 0.6) is 0 Å². The molecule has 1 aliphatic carbocycles. The minimum atomic E-state index is -0.660. The molecular formula is C24H24N4O2. The van der Waals surface area contributed by atoms with Gasteiger partial charge in [0, 0.05) is 18.1 Å². The van der Waals surface area contributed by atoms with Crippen molar-refractivity contribution in [3.05, 3.63) is 77.9 Å². The van der Waals surface area contributed by atoms with Crippen LogP contribution in [0.25, 0.3) is 5.69 Å². The number of hydrogen-bond donors (Lipinski definition) is 2. The first-order chi connectivity index (χ1) is 14.5. The van der Waals surface area contributed by atoms with Crippen molar-refractivity contribution in [2.45, 2.75) is 44.1 Å². The number of aliphatic hydroxyl groups is 1. The first-order valence-electron chi connectivity index (χ1n) is 10.1. The van der Waals surface area contributed by atoms with E-state index in [2.05, 4.69) is 22.4 Å². The van der Waals surface area contributed by atoms with Crippen molar-refractivity contribution >= 4 is 11.6 Å². The first kappa shape index (κ1) is 19.9. The van der Waals surface area contributed by atoms with Crippen molar-refractivity contribution in [3.63, 3.8) is 0 Å². The zero-order chi connectivity index (χ0) is 21.1. The number of anilines is 1. The molecule has 2 aromatic heterocycles. The molecule has 1 aliphatic rings. The number of rotatable bonds is 4. The van der Waals surface area contributed by atoms with E-state index in [1.807, 2.05) is 35.9 Å². The van der Waals surface area contributed by atoms with E-state index in [0.717, 1.165) is 11.3 Å². The molecule has 0 spiro atoms. The molecule has 0 bridgehead atoms. The molecule has 1 aromatic carbocycles. The zero-order valence-corrected chi connectivity index (χ0v) is 16.9. The van der Waals surface area contributed by atoms with Gasteiger partial charge in [-0.3, -0.25) is 9.78 Å². The zero-order valence-electron chi connectivity index (χ0n) is 16.9. The Labute approximate surface area is 175 Å². The largest absolute Gasteiger partial charge is 0.393 e. The summed E-state index contributed by atoms with van der Waals surface area (Å²) >= 11 is 0. The number of aromatic nitrogens is 2. The molecule has 0 aliphatic heterocycles. The Morgan fingerprint density at radius 3 is 2.73 bits per heavy atom. The summed E-state index contributed by atoms with van der Waals surface area (Å²) in [6, 6.07) is 15.8. The summed E-state index contributed by atoms with van der Waals surface area (Å²) in [5, 5.41) is 22.3. The molecule has 0 radical (unpaired) electrons. The molecule has 0 atom stereocenters. The molecule has 0 saturated heterocycles. The third kappa shape index (κ3) is 3.98. The van der Waals surface area contributed by atoms with E-state index in [1.54, 1.807) is 30.6 Å². The van der Waals surface area contributed by atoms with Crippen molar-refractivity contribution < 1.29 is 9.90 Å². The highest BCUT2D eigenvalue weighted by molar-refractivity contribution is 6.04. The van der Waals surface area contributed by atoms with Crippen LogP contribution in [-0.2, 0) is 5.41 Å². The van der Waals surface area contributed by atoms with E-state index in [9.17, 15) is 15.2 Å². The highest BCUT2D eigenvalue weighted by atomic mass is 16.3. The van der Waals surface area contributed by atoms with Gasteiger partial charge in [0.05, 0.1) is 40.7 Å². The Bertz CT molecular complexity index is 1090. The number of aliphatic hydroxyl groups excluding tert-OH is 1. The predicted molar refractivity (Wildman–Crippen MR) is 114 cm³/mol. The van der Waals surface area contributed by atoms with E-state index < -0.39 is 5.41 Å². The van der Waals surface area contributed by atoms with E-state index in [-0.39, 0.29) is 12.0 Å². The van der Waals surface area contributed by atoms with Crippen molar-refractivity contribution in [2.24, 2.45) is 0 Å². The van der Waals surface area contributed by atoms with Crippen LogP contribution in [0.4, 0.5) is 5.69 Å². The maximum absolute atomic E-state index is 12.6. The quantitative estimate of drug-likeness (QED) is 0.689. The van der Waals surface area contributed by atoms with Crippen LogP contribution in [0, 0.1) is 18.3 Å². The Balaban J connectivity index is 1.46. The van der Waals surface area contributed by atoms with Gasteiger partial charge < -0.3 is 15.0 Å². The predicted octanol–water partition coefficient (Wildman–Crippen LogP) is 4.13. The van der Waals surface area contributed by atoms with Gasteiger partial charge in [0.1, 0.15) is 0 Å². The maximum atomic E-state index is 12.6. The lowest BCUT2D eigenvalue weighted by molar-refractivity contribution is 0.102. The molecule has 3 aromatic rings. The normalized spacial score (nSPS) is 21.0. The number of nitrogens with zero attached hydrogens (tertiary/aromatic N) is 3. The maximum Gasteiger partial charge on any atom is 0.257 e. The third-order valence-electron chi connectivity index (χ3n) is 5.79. The SMILES string of the molecule is Cc1cccc(-n2ccc(C(=O)Nc3ccc(C4(C#N)CCC(O)CC4)nc3)c2)c1. The molecule has 6 nitrogen and oxygen atoms in total. The van der Waals surface area contributed by atoms with E-state index in [1.165, 1.54) is 0 Å². The highest BCUT2D eigenvalue weighted by Crippen LogP contribution is 2.38. The highest BCUT2D eigenvalue weighted by Gasteiger charge is 2.37. The summed E-state index contributed by atoms with van der Waals surface area (Å²) < 4.78 is 1.91. The smallest absolute Gasteiger partial charge is 0.257 e. The standard InChI is InChI=1S/C24H24N4O2/c1-17-3-2-4-20(13-17)28-12-9-18(15-28)23(30)27-19-5-6-22(26-14-19)24(16-25)10-7-21(29)8-11-24/h2-6,9,12-15,21,29H,7-8,10-11H2,1H3,(H,27,30). The Morgan fingerprint density at radius 1 is 1.27 bits per heavy atom. The fourth-order valence-corrected chi connectivity index (χ4v) is 3.95. The molecule has 4 rings (SSSR count). The second-order valence-corrected chi connectivity index (χ2v) is 7.96. The number of nitrogens with one attached hydrogen (secondary N) is 1. The van der Waals surface area contributed by atoms with Crippen LogP contribution >= 0.6 is 0 Å². The van der Waals surface area contributed by atoms with Crippen molar-refractivity contribution in [3.8, 4) is 11.8 Å². The fraction of sp³-hybridized carbons (Fsp3) is 0.292. The van der Waals surface area contributed by atoms with Crippen molar-refractivity contribution in [1.29, 1.82) is 5.26 Å². The second-order valence-electron chi connectivity index (χ2n) is 7.96. The van der Waals surface area contributed by atoms with Crippen LogP contribution in [0.1, 0.15) is 47.3 Å². The number of pyridine rings is 1. The molecule has 30 heavy (non-hydrogen) atoms. The Kier molecular flexibility index (Phi) is 5.39. The van der Waals surface area contributed by atoms with Gasteiger partial charge in [-0.05, 0) is 68.5 Å². The monoisotopic (exact) mass is 400 g/mol. The minimum Gasteiger partial charge on any atom is -0.393 e. The molecule has 6 heteroatoms. The number of amides is 1. The van der Waals surface area contributed by atoms with Crippen LogP contribution in [0.2, 0.25) is 0 Å². The molecule has 2 N–H and O–H groups in total. The lowest BCUT2D eigenvalue weighted by atomic mass is 9.72. The summed E-state index contributed by atoms with van der Waals surface area (Å²) in [6.45, 7) is 2.03. The summed E-state index contributed by atoms with van der Waals surface area (Å²) in [6.07, 6.45) is 7.30. The molecule has 2 heterocycles. The topological polar surface area (TPSA) is 90.9 Å². The number of aryl methyl sites for hydroxylation is 1. The van der Waals surface area contributed by atoms with Gasteiger partial charge in [0.15, 0.2) is 0 Å². The second kappa shape index (κ2) is 8.13. The average molecular weight is 400 g/mol. The molecule has 1 saturated carbocycles. The summed E-state index contributed by atoms with van der Waals surface area (Å²) in [4.78, 5) is 17.1. The van der Waals surface area contributed by atoms with E-state index in [0.29, 0.717) is 42.6 Å². The van der Waals surface area contributed by atoms with Gasteiger partial charge >= 0.3 is 0 Å². The molecule has 1 amide bonds.